The molecule has 0 radical (unpaired) electrons. The Morgan fingerprint density at radius 1 is 1.00 bits per heavy atom. The third-order valence-electron chi connectivity index (χ3n) is 2.45. The molecule has 0 amide bonds. The lowest BCUT2D eigenvalue weighted by Gasteiger charge is -1.95. The zero-order valence-electron chi connectivity index (χ0n) is 8.64. The summed E-state index contributed by atoms with van der Waals surface area (Å²) in [4.78, 5) is 8.67. The highest BCUT2D eigenvalue weighted by molar-refractivity contribution is 9.10. The number of halogens is 2. The van der Waals surface area contributed by atoms with E-state index in [1.54, 1.807) is 6.20 Å². The van der Waals surface area contributed by atoms with Crippen LogP contribution in [0, 0.1) is 0 Å². The number of nitrogens with zero attached hydrogens (tertiary/aromatic N) is 3. The summed E-state index contributed by atoms with van der Waals surface area (Å²) in [5.74, 6) is 0. The van der Waals surface area contributed by atoms with Crippen LogP contribution in [-0.4, -0.2) is 14.4 Å². The minimum atomic E-state index is 0.796. The van der Waals surface area contributed by atoms with Crippen molar-refractivity contribution in [1.82, 2.24) is 14.4 Å². The molecule has 3 aromatic rings. The van der Waals surface area contributed by atoms with Crippen molar-refractivity contribution < 1.29 is 0 Å². The molecule has 0 unspecified atom stereocenters. The van der Waals surface area contributed by atoms with Crippen molar-refractivity contribution in [2.24, 2.45) is 0 Å². The molecule has 2 aromatic heterocycles. The van der Waals surface area contributed by atoms with Gasteiger partial charge in [0.1, 0.15) is 4.60 Å². The molecule has 0 aliphatic rings. The highest BCUT2D eigenvalue weighted by Gasteiger charge is 2.04. The normalized spacial score (nSPS) is 10.9. The fraction of sp³-hybridized carbons (Fsp3) is 0. The number of fused-ring (bicyclic) bond motifs is 1. The average molecular weight is 353 g/mol. The molecule has 17 heavy (non-hydrogen) atoms. The van der Waals surface area contributed by atoms with E-state index < -0.39 is 0 Å². The average Bonchev–Trinajstić information content (AvgIpc) is 2.72. The first kappa shape index (κ1) is 10.9. The van der Waals surface area contributed by atoms with Crippen molar-refractivity contribution >= 4 is 37.5 Å². The lowest BCUT2D eigenvalue weighted by Crippen LogP contribution is -1.84. The van der Waals surface area contributed by atoms with Crippen LogP contribution in [0.25, 0.3) is 16.9 Å². The summed E-state index contributed by atoms with van der Waals surface area (Å²) in [6, 6.07) is 8.09. The van der Waals surface area contributed by atoms with Gasteiger partial charge in [-0.15, -0.1) is 0 Å². The number of rotatable bonds is 1. The van der Waals surface area contributed by atoms with E-state index in [1.165, 1.54) is 0 Å². The zero-order valence-corrected chi connectivity index (χ0v) is 11.8. The number of benzene rings is 1. The van der Waals surface area contributed by atoms with Crippen LogP contribution in [0.15, 0.2) is 51.9 Å². The van der Waals surface area contributed by atoms with Crippen LogP contribution in [0.3, 0.4) is 0 Å². The summed E-state index contributed by atoms with van der Waals surface area (Å²) in [5, 5.41) is 0. The standard InChI is InChI=1S/C12H7Br2N3/c13-9-3-1-8(2-4-9)10-6-17-7-11(14)15-5-12(17)16-10/h1-7H. The number of imidazole rings is 1. The second-order valence-electron chi connectivity index (χ2n) is 3.61. The second-order valence-corrected chi connectivity index (χ2v) is 5.34. The first-order valence-electron chi connectivity index (χ1n) is 4.98. The molecule has 0 aliphatic carbocycles. The van der Waals surface area contributed by atoms with Crippen LogP contribution in [0.5, 0.6) is 0 Å². The Labute approximate surface area is 115 Å². The van der Waals surface area contributed by atoms with Crippen molar-refractivity contribution in [2.75, 3.05) is 0 Å². The molecule has 0 spiro atoms. The van der Waals surface area contributed by atoms with Gasteiger partial charge in [0.25, 0.3) is 0 Å². The lowest BCUT2D eigenvalue weighted by molar-refractivity contribution is 1.10. The molecule has 0 bridgehead atoms. The molecule has 0 saturated carbocycles. The van der Waals surface area contributed by atoms with Crippen molar-refractivity contribution in [3.63, 3.8) is 0 Å². The van der Waals surface area contributed by atoms with Gasteiger partial charge in [0, 0.05) is 22.4 Å². The third kappa shape index (κ3) is 2.12. The van der Waals surface area contributed by atoms with Crippen LogP contribution in [0.4, 0.5) is 0 Å². The van der Waals surface area contributed by atoms with Crippen molar-refractivity contribution in [3.05, 3.63) is 51.9 Å². The van der Waals surface area contributed by atoms with Crippen molar-refractivity contribution in [1.29, 1.82) is 0 Å². The Balaban J connectivity index is 2.14. The molecule has 0 atom stereocenters. The maximum atomic E-state index is 4.52. The molecule has 2 heterocycles. The summed E-state index contributed by atoms with van der Waals surface area (Å²) in [6.07, 6.45) is 5.63. The molecule has 0 saturated heterocycles. The maximum Gasteiger partial charge on any atom is 0.156 e. The van der Waals surface area contributed by atoms with Crippen molar-refractivity contribution in [3.8, 4) is 11.3 Å². The van der Waals surface area contributed by atoms with Gasteiger partial charge < -0.3 is 4.40 Å². The number of aromatic nitrogens is 3. The molecule has 3 rings (SSSR count). The van der Waals surface area contributed by atoms with Gasteiger partial charge in [-0.2, -0.15) is 0 Å². The van der Waals surface area contributed by atoms with Crippen LogP contribution in [0.1, 0.15) is 0 Å². The van der Waals surface area contributed by atoms with Gasteiger partial charge in [-0.1, -0.05) is 28.1 Å². The number of hydrogen-bond donors (Lipinski definition) is 0. The Morgan fingerprint density at radius 3 is 2.53 bits per heavy atom. The molecule has 3 nitrogen and oxygen atoms in total. The van der Waals surface area contributed by atoms with Gasteiger partial charge in [-0.3, -0.25) is 0 Å². The van der Waals surface area contributed by atoms with Gasteiger partial charge in [0.2, 0.25) is 0 Å². The monoisotopic (exact) mass is 351 g/mol. The van der Waals surface area contributed by atoms with E-state index in [2.05, 4.69) is 41.8 Å². The van der Waals surface area contributed by atoms with E-state index in [0.717, 1.165) is 26.0 Å². The van der Waals surface area contributed by atoms with Crippen molar-refractivity contribution in [2.45, 2.75) is 0 Å². The first-order chi connectivity index (χ1) is 8.22. The third-order valence-corrected chi connectivity index (χ3v) is 3.39. The molecule has 0 N–H and O–H groups in total. The summed E-state index contributed by atoms with van der Waals surface area (Å²) >= 11 is 6.76. The summed E-state index contributed by atoms with van der Waals surface area (Å²) in [7, 11) is 0. The fourth-order valence-corrected chi connectivity index (χ4v) is 2.22. The molecule has 1 aromatic carbocycles. The quantitative estimate of drug-likeness (QED) is 0.664. The highest BCUT2D eigenvalue weighted by atomic mass is 79.9. The summed E-state index contributed by atoms with van der Waals surface area (Å²) in [5.41, 5.74) is 2.87. The van der Waals surface area contributed by atoms with E-state index in [1.807, 2.05) is 41.1 Å². The molecule has 84 valence electrons. The van der Waals surface area contributed by atoms with Gasteiger partial charge in [-0.25, -0.2) is 9.97 Å². The Hall–Kier alpha value is -1.20. The van der Waals surface area contributed by atoms with Gasteiger partial charge in [0.15, 0.2) is 5.65 Å². The van der Waals surface area contributed by atoms with Crippen LogP contribution >= 0.6 is 31.9 Å². The SMILES string of the molecule is Brc1ccc(-c2cn3cc(Br)ncc3n2)cc1. The van der Waals surface area contributed by atoms with E-state index >= 15 is 0 Å². The maximum absolute atomic E-state index is 4.52. The first-order valence-corrected chi connectivity index (χ1v) is 6.57. The zero-order chi connectivity index (χ0) is 11.8. The Bertz CT molecular complexity index is 674. The Morgan fingerprint density at radius 2 is 1.76 bits per heavy atom. The van der Waals surface area contributed by atoms with Crippen LogP contribution < -0.4 is 0 Å². The lowest BCUT2D eigenvalue weighted by atomic mass is 10.2. The largest absolute Gasteiger partial charge is 0.302 e. The fourth-order valence-electron chi connectivity index (χ4n) is 1.63. The Kier molecular flexibility index (Phi) is 2.72. The minimum Gasteiger partial charge on any atom is -0.302 e. The molecule has 5 heteroatoms. The topological polar surface area (TPSA) is 30.2 Å². The van der Waals surface area contributed by atoms with E-state index in [4.69, 9.17) is 0 Å². The van der Waals surface area contributed by atoms with E-state index in [-0.39, 0.29) is 0 Å². The van der Waals surface area contributed by atoms with Crippen LogP contribution in [0.2, 0.25) is 0 Å². The van der Waals surface area contributed by atoms with E-state index in [0.29, 0.717) is 0 Å². The second kappa shape index (κ2) is 4.23. The predicted molar refractivity (Wildman–Crippen MR) is 73.8 cm³/mol. The highest BCUT2D eigenvalue weighted by Crippen LogP contribution is 2.21. The summed E-state index contributed by atoms with van der Waals surface area (Å²) in [6.45, 7) is 0. The molecule has 0 aliphatic heterocycles. The van der Waals surface area contributed by atoms with Gasteiger partial charge >= 0.3 is 0 Å². The summed E-state index contributed by atoms with van der Waals surface area (Å²) < 4.78 is 3.81. The molecule has 0 fully saturated rings. The van der Waals surface area contributed by atoms with Gasteiger partial charge in [-0.05, 0) is 28.1 Å². The molecular weight excluding hydrogens is 346 g/mol. The smallest absolute Gasteiger partial charge is 0.156 e. The van der Waals surface area contributed by atoms with E-state index in [9.17, 15) is 0 Å². The predicted octanol–water partition coefficient (Wildman–Crippen LogP) is 3.92. The minimum absolute atomic E-state index is 0.796. The van der Waals surface area contributed by atoms with Gasteiger partial charge in [0.05, 0.1) is 11.9 Å². The number of hydrogen-bond acceptors (Lipinski definition) is 2. The van der Waals surface area contributed by atoms with Crippen LogP contribution in [-0.2, 0) is 0 Å². The molecular formula is C12H7Br2N3.